The largest absolute Gasteiger partial charge is 0.367 e. The molecule has 0 radical (unpaired) electrons. The Morgan fingerprint density at radius 3 is 2.62 bits per heavy atom. The lowest BCUT2D eigenvalue weighted by atomic mass is 9.92. The summed E-state index contributed by atoms with van der Waals surface area (Å²) in [6.45, 7) is 9.55. The summed E-state index contributed by atoms with van der Waals surface area (Å²) in [6, 6.07) is 10.1. The zero-order chi connectivity index (χ0) is 17.4. The van der Waals surface area contributed by atoms with Gasteiger partial charge in [0, 0.05) is 12.7 Å². The van der Waals surface area contributed by atoms with Gasteiger partial charge in [-0.15, -0.1) is 0 Å². The van der Waals surface area contributed by atoms with Gasteiger partial charge in [0.25, 0.3) is 0 Å². The number of morpholine rings is 1. The van der Waals surface area contributed by atoms with Crippen molar-refractivity contribution in [1.29, 1.82) is 0 Å². The third kappa shape index (κ3) is 2.96. The molecule has 2 heterocycles. The van der Waals surface area contributed by atoms with Crippen molar-refractivity contribution in [2.24, 2.45) is 0 Å². The minimum Gasteiger partial charge on any atom is -0.367 e. The highest BCUT2D eigenvalue weighted by molar-refractivity contribution is 5.84. The van der Waals surface area contributed by atoms with E-state index in [1.54, 1.807) is 6.33 Å². The van der Waals surface area contributed by atoms with Crippen molar-refractivity contribution in [2.45, 2.75) is 38.8 Å². The molecule has 1 atom stereocenters. The second kappa shape index (κ2) is 6.06. The highest BCUT2D eigenvalue weighted by Gasteiger charge is 2.40. The van der Waals surface area contributed by atoms with Crippen molar-refractivity contribution in [2.75, 3.05) is 19.7 Å². The van der Waals surface area contributed by atoms with Gasteiger partial charge in [-0.05, 0) is 33.3 Å². The van der Waals surface area contributed by atoms with Crippen LogP contribution in [0, 0.1) is 6.92 Å². The Hall–Kier alpha value is -2.14. The molecule has 1 aromatic carbocycles. The van der Waals surface area contributed by atoms with Gasteiger partial charge in [0.2, 0.25) is 5.91 Å². The maximum Gasteiger partial charge on any atom is 0.248 e. The van der Waals surface area contributed by atoms with E-state index in [0.717, 1.165) is 11.3 Å². The van der Waals surface area contributed by atoms with Crippen LogP contribution in [-0.4, -0.2) is 40.1 Å². The molecule has 5 heteroatoms. The van der Waals surface area contributed by atoms with E-state index in [1.807, 2.05) is 54.6 Å². The standard InChI is InChI=1S/C19H25N3O2/c1-15-12-22(14-20-15)18(2,3)17(23)21-10-11-24-19(4,13-21)16-8-6-5-7-9-16/h5-9,12,14H,10-11,13H2,1-4H3. The third-order valence-corrected chi connectivity index (χ3v) is 4.83. The summed E-state index contributed by atoms with van der Waals surface area (Å²) in [6.07, 6.45) is 3.64. The van der Waals surface area contributed by atoms with Crippen LogP contribution in [0.3, 0.4) is 0 Å². The fourth-order valence-electron chi connectivity index (χ4n) is 3.23. The lowest BCUT2D eigenvalue weighted by Gasteiger charge is -2.43. The van der Waals surface area contributed by atoms with Gasteiger partial charge < -0.3 is 14.2 Å². The van der Waals surface area contributed by atoms with Crippen LogP contribution < -0.4 is 0 Å². The van der Waals surface area contributed by atoms with Gasteiger partial charge in [0.1, 0.15) is 11.1 Å². The number of rotatable bonds is 3. The molecule has 0 bridgehead atoms. The average Bonchev–Trinajstić information content (AvgIpc) is 3.02. The second-order valence-electron chi connectivity index (χ2n) is 7.15. The Morgan fingerprint density at radius 2 is 2.00 bits per heavy atom. The Balaban J connectivity index is 1.83. The van der Waals surface area contributed by atoms with Crippen molar-refractivity contribution in [3.8, 4) is 0 Å². The quantitative estimate of drug-likeness (QED) is 0.871. The Labute approximate surface area is 143 Å². The van der Waals surface area contributed by atoms with E-state index >= 15 is 0 Å². The first kappa shape index (κ1) is 16.7. The Bertz CT molecular complexity index is 723. The molecule has 24 heavy (non-hydrogen) atoms. The molecule has 2 aromatic rings. The van der Waals surface area contributed by atoms with Gasteiger partial charge in [-0.1, -0.05) is 30.3 Å². The summed E-state index contributed by atoms with van der Waals surface area (Å²) >= 11 is 0. The van der Waals surface area contributed by atoms with E-state index in [1.165, 1.54) is 0 Å². The van der Waals surface area contributed by atoms with E-state index in [2.05, 4.69) is 24.0 Å². The molecule has 5 nitrogen and oxygen atoms in total. The number of aromatic nitrogens is 2. The van der Waals surface area contributed by atoms with E-state index in [9.17, 15) is 4.79 Å². The summed E-state index contributed by atoms with van der Waals surface area (Å²) in [5, 5.41) is 0. The SMILES string of the molecule is Cc1cn(C(C)(C)C(=O)N2CCOC(C)(c3ccccc3)C2)cn1. The molecule has 1 fully saturated rings. The normalized spacial score (nSPS) is 21.8. The van der Waals surface area contributed by atoms with E-state index < -0.39 is 11.1 Å². The molecule has 1 aliphatic rings. The molecule has 0 saturated carbocycles. The minimum atomic E-state index is -0.670. The number of amides is 1. The number of nitrogens with zero attached hydrogens (tertiary/aromatic N) is 3. The van der Waals surface area contributed by atoms with Crippen LogP contribution in [0.15, 0.2) is 42.9 Å². The predicted molar refractivity (Wildman–Crippen MR) is 92.6 cm³/mol. The fraction of sp³-hybridized carbons (Fsp3) is 0.474. The Kier molecular flexibility index (Phi) is 4.22. The molecule has 0 aliphatic carbocycles. The molecule has 1 aromatic heterocycles. The van der Waals surface area contributed by atoms with Crippen LogP contribution in [0.5, 0.6) is 0 Å². The van der Waals surface area contributed by atoms with Crippen molar-refractivity contribution in [3.63, 3.8) is 0 Å². The number of ether oxygens (including phenoxy) is 1. The van der Waals surface area contributed by atoms with Crippen LogP contribution >= 0.6 is 0 Å². The molecule has 0 spiro atoms. The van der Waals surface area contributed by atoms with Gasteiger partial charge in [0.15, 0.2) is 0 Å². The number of hydrogen-bond acceptors (Lipinski definition) is 3. The number of benzene rings is 1. The molecule has 1 aliphatic heterocycles. The monoisotopic (exact) mass is 327 g/mol. The lowest BCUT2D eigenvalue weighted by Crippen LogP contribution is -2.55. The molecule has 1 unspecified atom stereocenters. The van der Waals surface area contributed by atoms with Crippen molar-refractivity contribution < 1.29 is 9.53 Å². The minimum absolute atomic E-state index is 0.0883. The first-order chi connectivity index (χ1) is 11.3. The topological polar surface area (TPSA) is 47.4 Å². The number of carbonyl (C=O) groups is 1. The molecule has 0 N–H and O–H groups in total. The molecule has 1 saturated heterocycles. The maximum atomic E-state index is 13.2. The zero-order valence-corrected chi connectivity index (χ0v) is 14.8. The van der Waals surface area contributed by atoms with Crippen LogP contribution in [0.1, 0.15) is 32.0 Å². The number of hydrogen-bond donors (Lipinski definition) is 0. The van der Waals surface area contributed by atoms with Crippen molar-refractivity contribution in [1.82, 2.24) is 14.5 Å². The van der Waals surface area contributed by atoms with Crippen LogP contribution in [0.2, 0.25) is 0 Å². The molecular weight excluding hydrogens is 302 g/mol. The molecular formula is C19H25N3O2. The van der Waals surface area contributed by atoms with Gasteiger partial charge in [-0.25, -0.2) is 4.98 Å². The number of aryl methyl sites for hydroxylation is 1. The second-order valence-corrected chi connectivity index (χ2v) is 7.15. The molecule has 128 valence electrons. The summed E-state index contributed by atoms with van der Waals surface area (Å²) in [5.74, 6) is 0.0883. The average molecular weight is 327 g/mol. The number of carbonyl (C=O) groups excluding carboxylic acids is 1. The van der Waals surface area contributed by atoms with Gasteiger partial charge in [-0.2, -0.15) is 0 Å². The van der Waals surface area contributed by atoms with Crippen molar-refractivity contribution >= 4 is 5.91 Å². The van der Waals surface area contributed by atoms with Gasteiger partial charge in [-0.3, -0.25) is 4.79 Å². The molecule has 1 amide bonds. The summed E-state index contributed by atoms with van der Waals surface area (Å²) in [7, 11) is 0. The first-order valence-electron chi connectivity index (χ1n) is 8.33. The summed E-state index contributed by atoms with van der Waals surface area (Å²) in [5.41, 5.74) is 0.859. The van der Waals surface area contributed by atoms with Crippen LogP contribution in [0.4, 0.5) is 0 Å². The predicted octanol–water partition coefficient (Wildman–Crippen LogP) is 2.70. The zero-order valence-electron chi connectivity index (χ0n) is 14.8. The summed E-state index contributed by atoms with van der Waals surface area (Å²) < 4.78 is 7.93. The van der Waals surface area contributed by atoms with E-state index in [4.69, 9.17) is 4.74 Å². The smallest absolute Gasteiger partial charge is 0.248 e. The highest BCUT2D eigenvalue weighted by atomic mass is 16.5. The third-order valence-electron chi connectivity index (χ3n) is 4.83. The maximum absolute atomic E-state index is 13.2. The summed E-state index contributed by atoms with van der Waals surface area (Å²) in [4.78, 5) is 19.3. The lowest BCUT2D eigenvalue weighted by molar-refractivity contribution is -0.157. The van der Waals surface area contributed by atoms with Gasteiger partial charge in [0.05, 0.1) is 25.2 Å². The number of imidazole rings is 1. The first-order valence-corrected chi connectivity index (χ1v) is 8.33. The van der Waals surface area contributed by atoms with Gasteiger partial charge >= 0.3 is 0 Å². The van der Waals surface area contributed by atoms with E-state index in [0.29, 0.717) is 19.7 Å². The molecule has 3 rings (SSSR count). The fourth-order valence-corrected chi connectivity index (χ4v) is 3.23. The van der Waals surface area contributed by atoms with Crippen LogP contribution in [0.25, 0.3) is 0 Å². The van der Waals surface area contributed by atoms with Crippen molar-refractivity contribution in [3.05, 3.63) is 54.1 Å². The van der Waals surface area contributed by atoms with E-state index in [-0.39, 0.29) is 5.91 Å². The Morgan fingerprint density at radius 1 is 1.29 bits per heavy atom. The van der Waals surface area contributed by atoms with Crippen LogP contribution in [-0.2, 0) is 20.7 Å². The highest BCUT2D eigenvalue weighted by Crippen LogP contribution is 2.31.